The van der Waals surface area contributed by atoms with E-state index in [0.29, 0.717) is 75.8 Å². The molecule has 2 atom stereocenters. The van der Waals surface area contributed by atoms with Gasteiger partial charge in [-0.3, -0.25) is 24.0 Å². The van der Waals surface area contributed by atoms with Gasteiger partial charge in [-0.2, -0.15) is 11.8 Å². The van der Waals surface area contributed by atoms with E-state index in [-0.39, 0.29) is 18.1 Å². The summed E-state index contributed by atoms with van der Waals surface area (Å²) in [5.74, 6) is -2.12. The average molecular weight is 710 g/mol. The largest absolute Gasteiger partial charge is 0.480 e. The Morgan fingerprint density at radius 1 is 0.776 bits per heavy atom. The number of thioether (sulfide) groups is 1. The van der Waals surface area contributed by atoms with Gasteiger partial charge in [-0.15, -0.1) is 0 Å². The van der Waals surface area contributed by atoms with Crippen molar-refractivity contribution in [3.63, 3.8) is 0 Å². The fraction of sp³-hybridized carbons (Fsp3) is 0.667. The van der Waals surface area contributed by atoms with E-state index in [2.05, 4.69) is 40.4 Å². The van der Waals surface area contributed by atoms with E-state index in [0.717, 1.165) is 12.1 Å². The van der Waals surface area contributed by atoms with Crippen LogP contribution >= 0.6 is 11.8 Å². The number of hydrogen-bond donors (Lipinski definition) is 6. The first-order chi connectivity index (χ1) is 23.5. The Labute approximate surface area is 298 Å². The number of rotatable bonds is 24. The maximum atomic E-state index is 12.8. The molecule has 2 unspecified atom stereocenters. The number of carbonyl (C=O) groups excluding carboxylic acids is 5. The fourth-order valence-corrected chi connectivity index (χ4v) is 4.63. The molecule has 49 heavy (non-hydrogen) atoms. The molecule has 4 amide bonds. The minimum Gasteiger partial charge on any atom is -0.480 e. The number of ketones is 1. The molecule has 0 aliphatic carbocycles. The lowest BCUT2D eigenvalue weighted by Gasteiger charge is -2.19. The Morgan fingerprint density at radius 3 is 1.98 bits per heavy atom. The molecule has 13 heteroatoms. The maximum Gasteiger partial charge on any atom is 0.326 e. The standard InChI is InChI=1S/C31H49N5O7S.C3H8.C2H6/c1-4-24(37)10-6-7-12-27(38)33-18-9-8-11-26(31(42)43)35-28(39)21-34-30(41)25(17-19-44-3)36-29(40)23-15-13-22(14-16-23)20-32-5-2;1-3-2;1-2/h13-16,25-26,32H,4-12,17-21H2,1-3H3,(H,33,38)(H,34,41)(H,35,39)(H,36,40)(H,42,43);3H2,1-2H3;1-2H3. The average Bonchev–Trinajstić information content (AvgIpc) is 3.10. The van der Waals surface area contributed by atoms with E-state index < -0.39 is 42.3 Å². The molecular formula is C36H63N5O7S. The maximum absolute atomic E-state index is 12.8. The normalized spacial score (nSPS) is 11.3. The predicted octanol–water partition coefficient (Wildman–Crippen LogP) is 4.60. The highest BCUT2D eigenvalue weighted by Crippen LogP contribution is 2.08. The molecule has 0 aliphatic rings. The van der Waals surface area contributed by atoms with Crippen LogP contribution in [0.2, 0.25) is 0 Å². The summed E-state index contributed by atoms with van der Waals surface area (Å²) in [5, 5.41) is 23.2. The fourth-order valence-electron chi connectivity index (χ4n) is 4.16. The molecule has 0 saturated heterocycles. The summed E-state index contributed by atoms with van der Waals surface area (Å²) in [6, 6.07) is 5.06. The predicted molar refractivity (Wildman–Crippen MR) is 199 cm³/mol. The lowest BCUT2D eigenvalue weighted by molar-refractivity contribution is -0.142. The van der Waals surface area contributed by atoms with Gasteiger partial charge in [0.1, 0.15) is 17.9 Å². The van der Waals surface area contributed by atoms with Crippen LogP contribution in [0.15, 0.2) is 24.3 Å². The third-order valence-electron chi connectivity index (χ3n) is 6.83. The Balaban J connectivity index is 0. The molecule has 0 spiro atoms. The highest BCUT2D eigenvalue weighted by atomic mass is 32.2. The first-order valence-electron chi connectivity index (χ1n) is 17.7. The second-order valence-electron chi connectivity index (χ2n) is 11.1. The summed E-state index contributed by atoms with van der Waals surface area (Å²) in [5.41, 5.74) is 1.44. The van der Waals surface area contributed by atoms with E-state index in [9.17, 15) is 33.9 Å². The van der Waals surface area contributed by atoms with E-state index >= 15 is 0 Å². The summed E-state index contributed by atoms with van der Waals surface area (Å²) in [6.07, 6.45) is 7.27. The number of carboxylic acids is 1. The number of hydrogen-bond acceptors (Lipinski definition) is 8. The van der Waals surface area contributed by atoms with Crippen molar-refractivity contribution in [2.45, 2.75) is 124 Å². The Bertz CT molecular complexity index is 1090. The molecule has 0 aliphatic heterocycles. The van der Waals surface area contributed by atoms with Crippen LogP contribution in [0.1, 0.15) is 122 Å². The summed E-state index contributed by atoms with van der Waals surface area (Å²) in [4.78, 5) is 73.0. The molecule has 1 rings (SSSR count). The van der Waals surface area contributed by atoms with Crippen molar-refractivity contribution in [3.8, 4) is 0 Å². The van der Waals surface area contributed by atoms with Crippen LogP contribution in [0.4, 0.5) is 0 Å². The molecule has 1 aromatic rings. The third kappa shape index (κ3) is 25.2. The van der Waals surface area contributed by atoms with Crippen molar-refractivity contribution in [2.75, 3.05) is 31.6 Å². The highest BCUT2D eigenvalue weighted by Gasteiger charge is 2.23. The van der Waals surface area contributed by atoms with Gasteiger partial charge in [0.05, 0.1) is 6.54 Å². The van der Waals surface area contributed by atoms with Crippen molar-refractivity contribution >= 4 is 47.1 Å². The third-order valence-corrected chi connectivity index (χ3v) is 7.47. The van der Waals surface area contributed by atoms with Gasteiger partial charge in [0, 0.05) is 37.9 Å². The van der Waals surface area contributed by atoms with Crippen molar-refractivity contribution in [2.24, 2.45) is 0 Å². The van der Waals surface area contributed by atoms with Crippen molar-refractivity contribution in [1.29, 1.82) is 0 Å². The molecular weight excluding hydrogens is 646 g/mol. The first kappa shape index (κ1) is 47.7. The SMILES string of the molecule is CC.CCC.CCNCc1ccc(C(=O)NC(CCSC)C(=O)NCC(=O)NC(CCCCNC(=O)CCCCC(=O)CC)C(=O)O)cc1. The molecule has 12 nitrogen and oxygen atoms in total. The zero-order valence-electron chi connectivity index (χ0n) is 30.9. The van der Waals surface area contributed by atoms with Crippen LogP contribution in [0.5, 0.6) is 0 Å². The Kier molecular flexibility index (Phi) is 30.9. The zero-order valence-corrected chi connectivity index (χ0v) is 31.7. The van der Waals surface area contributed by atoms with Crippen LogP contribution in [0, 0.1) is 0 Å². The van der Waals surface area contributed by atoms with Gasteiger partial charge in [0.25, 0.3) is 5.91 Å². The lowest BCUT2D eigenvalue weighted by atomic mass is 10.1. The number of nitrogens with one attached hydrogen (secondary N) is 5. The summed E-state index contributed by atoms with van der Waals surface area (Å²) in [6.45, 7) is 13.5. The van der Waals surface area contributed by atoms with Gasteiger partial charge in [0.15, 0.2) is 0 Å². The number of unbranched alkanes of at least 4 members (excludes halogenated alkanes) is 2. The van der Waals surface area contributed by atoms with Gasteiger partial charge < -0.3 is 31.7 Å². The summed E-state index contributed by atoms with van der Waals surface area (Å²) in [7, 11) is 0. The minimum atomic E-state index is -1.20. The monoisotopic (exact) mass is 709 g/mol. The van der Waals surface area contributed by atoms with Gasteiger partial charge >= 0.3 is 5.97 Å². The number of carboxylic acid groups (broad SMARTS) is 1. The smallest absolute Gasteiger partial charge is 0.326 e. The van der Waals surface area contributed by atoms with E-state index in [1.165, 1.54) is 18.2 Å². The van der Waals surface area contributed by atoms with Gasteiger partial charge in [-0.05, 0) is 74.8 Å². The second-order valence-corrected chi connectivity index (χ2v) is 12.1. The Morgan fingerprint density at radius 2 is 1.41 bits per heavy atom. The highest BCUT2D eigenvalue weighted by molar-refractivity contribution is 7.98. The van der Waals surface area contributed by atoms with Crippen molar-refractivity contribution in [1.82, 2.24) is 26.6 Å². The number of benzene rings is 1. The van der Waals surface area contributed by atoms with Gasteiger partial charge in [-0.1, -0.05) is 60.1 Å². The van der Waals surface area contributed by atoms with Crippen LogP contribution in [-0.4, -0.2) is 84.2 Å². The van der Waals surface area contributed by atoms with E-state index in [4.69, 9.17) is 0 Å². The summed E-state index contributed by atoms with van der Waals surface area (Å²) < 4.78 is 0. The number of aliphatic carboxylic acids is 1. The molecule has 0 heterocycles. The second kappa shape index (κ2) is 31.8. The molecule has 0 fully saturated rings. The van der Waals surface area contributed by atoms with Crippen molar-refractivity contribution in [3.05, 3.63) is 35.4 Å². The van der Waals surface area contributed by atoms with Crippen molar-refractivity contribution < 1.29 is 33.9 Å². The number of carbonyl (C=O) groups is 6. The number of Topliss-reactive ketones (excluding diaryl/α,β-unsaturated/α-hetero) is 1. The van der Waals surface area contributed by atoms with E-state index in [1.807, 2.05) is 46.1 Å². The Hall–Kier alpha value is -3.45. The lowest BCUT2D eigenvalue weighted by Crippen LogP contribution is -2.51. The number of amides is 4. The topological polar surface area (TPSA) is 183 Å². The molecule has 0 bridgehead atoms. The van der Waals surface area contributed by atoms with Crippen LogP contribution < -0.4 is 26.6 Å². The van der Waals surface area contributed by atoms with Crippen LogP contribution in [0.25, 0.3) is 0 Å². The van der Waals surface area contributed by atoms with E-state index in [1.54, 1.807) is 12.1 Å². The summed E-state index contributed by atoms with van der Waals surface area (Å²) >= 11 is 1.52. The van der Waals surface area contributed by atoms with Gasteiger partial charge in [0.2, 0.25) is 17.7 Å². The molecule has 0 radical (unpaired) electrons. The van der Waals surface area contributed by atoms with Crippen LogP contribution in [0.3, 0.4) is 0 Å². The minimum absolute atomic E-state index is 0.113. The molecule has 1 aromatic carbocycles. The molecule has 0 saturated carbocycles. The van der Waals surface area contributed by atoms with Gasteiger partial charge in [-0.25, -0.2) is 4.79 Å². The zero-order chi connectivity index (χ0) is 37.5. The first-order valence-corrected chi connectivity index (χ1v) is 19.1. The van der Waals surface area contributed by atoms with Crippen LogP contribution in [-0.2, 0) is 30.5 Å². The quantitative estimate of drug-likeness (QED) is 0.0836. The molecule has 6 N–H and O–H groups in total. The molecule has 280 valence electrons. The molecule has 0 aromatic heterocycles.